The first-order chi connectivity index (χ1) is 16.2. The summed E-state index contributed by atoms with van der Waals surface area (Å²) in [5.41, 5.74) is 0. The monoisotopic (exact) mass is 485 g/mol. The summed E-state index contributed by atoms with van der Waals surface area (Å²) >= 11 is 0. The van der Waals surface area contributed by atoms with Crippen LogP contribution in [-0.4, -0.2) is 81.4 Å². The van der Waals surface area contributed by atoms with E-state index >= 15 is 0 Å². The molecule has 0 aliphatic heterocycles. The van der Waals surface area contributed by atoms with E-state index in [0.29, 0.717) is 17.4 Å². The summed E-state index contributed by atoms with van der Waals surface area (Å²) in [5.74, 6) is -1.89. The van der Waals surface area contributed by atoms with Crippen molar-refractivity contribution >= 4 is 11.9 Å². The Morgan fingerprint density at radius 1 is 0.912 bits per heavy atom. The largest absolute Gasteiger partial charge is 0.545 e. The van der Waals surface area contributed by atoms with Crippen molar-refractivity contribution in [1.82, 2.24) is 0 Å². The lowest BCUT2D eigenvalue weighted by Gasteiger charge is -2.26. The summed E-state index contributed by atoms with van der Waals surface area (Å²) < 4.78 is 15.9. The molecule has 1 N–H and O–H groups in total. The van der Waals surface area contributed by atoms with E-state index in [2.05, 4.69) is 31.2 Å². The standard InChI is InChI=1S/C26H47NO7/c1-5-6-7-8-9-10-11-12-13-14-15-16-17-18-24(29)33-21-23(28)22-34-26(25(30)31)32-20-19-27(2,3)4/h7-8,10-11,23,26,28H,5-6,9,12-22H2,1-4H3/b8-7-,11-10-. The molecule has 198 valence electrons. The van der Waals surface area contributed by atoms with E-state index in [1.54, 1.807) is 0 Å². The number of carboxylic acids is 1. The second-order valence-corrected chi connectivity index (χ2v) is 9.48. The van der Waals surface area contributed by atoms with E-state index < -0.39 is 18.4 Å². The number of aliphatic carboxylic acids is 1. The number of hydrogen-bond acceptors (Lipinski definition) is 7. The number of rotatable bonds is 22. The van der Waals surface area contributed by atoms with Crippen molar-refractivity contribution in [2.45, 2.75) is 83.5 Å². The lowest BCUT2D eigenvalue weighted by molar-refractivity contribution is -0.870. The molecule has 8 nitrogen and oxygen atoms in total. The number of hydrogen-bond donors (Lipinski definition) is 1. The minimum absolute atomic E-state index is 0.167. The third-order valence-electron chi connectivity index (χ3n) is 4.91. The summed E-state index contributed by atoms with van der Waals surface area (Å²) in [6, 6.07) is 0. The maximum Gasteiger partial charge on any atom is 0.305 e. The summed E-state index contributed by atoms with van der Waals surface area (Å²) in [6.45, 7) is 2.34. The van der Waals surface area contributed by atoms with Gasteiger partial charge in [-0.2, -0.15) is 0 Å². The number of likely N-dealkylation sites (N-methyl/N-ethyl adjacent to an activating group) is 1. The van der Waals surface area contributed by atoms with Crippen LogP contribution in [0.5, 0.6) is 0 Å². The normalized spacial score (nSPS) is 14.0. The Labute approximate surface area is 206 Å². The Morgan fingerprint density at radius 2 is 1.56 bits per heavy atom. The molecule has 0 aromatic rings. The van der Waals surface area contributed by atoms with Crippen LogP contribution in [0.3, 0.4) is 0 Å². The predicted octanol–water partition coefficient (Wildman–Crippen LogP) is 2.74. The van der Waals surface area contributed by atoms with Crippen LogP contribution in [0.4, 0.5) is 0 Å². The third kappa shape index (κ3) is 22.1. The van der Waals surface area contributed by atoms with E-state index in [1.807, 2.05) is 21.1 Å². The van der Waals surface area contributed by atoms with Crippen LogP contribution in [0.15, 0.2) is 24.3 Å². The summed E-state index contributed by atoms with van der Waals surface area (Å²) in [6.07, 6.45) is 16.0. The van der Waals surface area contributed by atoms with Crippen LogP contribution in [0, 0.1) is 0 Å². The molecule has 2 unspecified atom stereocenters. The zero-order chi connectivity index (χ0) is 25.7. The van der Waals surface area contributed by atoms with Gasteiger partial charge in [-0.15, -0.1) is 0 Å². The van der Waals surface area contributed by atoms with Gasteiger partial charge < -0.3 is 33.7 Å². The molecule has 0 spiro atoms. The Hall–Kier alpha value is -1.74. The number of allylic oxidation sites excluding steroid dienone is 4. The number of quaternary nitrogens is 1. The maximum atomic E-state index is 11.8. The predicted molar refractivity (Wildman–Crippen MR) is 131 cm³/mol. The van der Waals surface area contributed by atoms with Gasteiger partial charge >= 0.3 is 5.97 Å². The molecule has 0 amide bonds. The van der Waals surface area contributed by atoms with Gasteiger partial charge in [0.15, 0.2) is 6.29 Å². The van der Waals surface area contributed by atoms with E-state index in [0.717, 1.165) is 51.4 Å². The average Bonchev–Trinajstić information content (AvgIpc) is 2.76. The van der Waals surface area contributed by atoms with Gasteiger partial charge in [-0.05, 0) is 32.1 Å². The molecule has 34 heavy (non-hydrogen) atoms. The molecule has 0 aromatic heterocycles. The number of nitrogens with zero attached hydrogens (tertiary/aromatic N) is 1. The summed E-state index contributed by atoms with van der Waals surface area (Å²) in [7, 11) is 5.85. The minimum Gasteiger partial charge on any atom is -0.545 e. The molecule has 0 saturated carbocycles. The molecular weight excluding hydrogens is 438 g/mol. The van der Waals surface area contributed by atoms with Gasteiger partial charge in [-0.25, -0.2) is 0 Å². The molecule has 0 radical (unpaired) electrons. The topological polar surface area (TPSA) is 105 Å². The molecule has 0 saturated heterocycles. The van der Waals surface area contributed by atoms with E-state index in [9.17, 15) is 19.8 Å². The average molecular weight is 486 g/mol. The van der Waals surface area contributed by atoms with Crippen molar-refractivity contribution in [3.63, 3.8) is 0 Å². The fraction of sp³-hybridized carbons (Fsp3) is 0.769. The highest BCUT2D eigenvalue weighted by Gasteiger charge is 2.17. The van der Waals surface area contributed by atoms with Gasteiger partial charge in [0.2, 0.25) is 0 Å². The first-order valence-electron chi connectivity index (χ1n) is 12.5. The highest BCUT2D eigenvalue weighted by atomic mass is 16.7. The van der Waals surface area contributed by atoms with E-state index in [-0.39, 0.29) is 25.8 Å². The van der Waals surface area contributed by atoms with Gasteiger partial charge in [-0.3, -0.25) is 4.79 Å². The van der Waals surface area contributed by atoms with Gasteiger partial charge in [0, 0.05) is 6.42 Å². The minimum atomic E-state index is -1.57. The van der Waals surface area contributed by atoms with Crippen LogP contribution in [-0.2, 0) is 23.8 Å². The Morgan fingerprint density at radius 3 is 2.21 bits per heavy atom. The molecule has 0 aliphatic carbocycles. The Bertz CT molecular complexity index is 584. The number of carbonyl (C=O) groups is 2. The number of aliphatic hydroxyl groups excluding tert-OH is 1. The highest BCUT2D eigenvalue weighted by Crippen LogP contribution is 2.09. The fourth-order valence-corrected chi connectivity index (χ4v) is 2.86. The van der Waals surface area contributed by atoms with Crippen molar-refractivity contribution in [1.29, 1.82) is 0 Å². The quantitative estimate of drug-likeness (QED) is 0.0826. The lowest BCUT2D eigenvalue weighted by Crippen LogP contribution is -2.44. The molecule has 0 bridgehead atoms. The molecule has 0 heterocycles. The van der Waals surface area contributed by atoms with Crippen LogP contribution < -0.4 is 5.11 Å². The molecule has 8 heteroatoms. The van der Waals surface area contributed by atoms with Crippen LogP contribution in [0.25, 0.3) is 0 Å². The van der Waals surface area contributed by atoms with Gasteiger partial charge in [0.1, 0.15) is 19.3 Å². The van der Waals surface area contributed by atoms with Gasteiger partial charge in [-0.1, -0.05) is 56.9 Å². The smallest absolute Gasteiger partial charge is 0.305 e. The number of aliphatic hydroxyl groups is 1. The highest BCUT2D eigenvalue weighted by molar-refractivity contribution is 5.69. The van der Waals surface area contributed by atoms with Crippen molar-refractivity contribution in [2.24, 2.45) is 0 Å². The Balaban J connectivity index is 3.75. The maximum absolute atomic E-state index is 11.8. The molecular formula is C26H47NO7. The first kappa shape index (κ1) is 32.3. The number of unbranched alkanes of at least 4 members (excludes halogenated alkanes) is 6. The second kappa shape index (κ2) is 20.6. The number of carbonyl (C=O) groups excluding carboxylic acids is 2. The Kier molecular flexibility index (Phi) is 19.6. The van der Waals surface area contributed by atoms with Crippen LogP contribution in [0.2, 0.25) is 0 Å². The number of esters is 1. The molecule has 2 atom stereocenters. The van der Waals surface area contributed by atoms with Gasteiger partial charge in [0.05, 0.1) is 40.3 Å². The SMILES string of the molecule is CCC/C=C\C/C=C\CCCCCCCC(=O)OCC(O)COC(OCC[N+](C)(C)C)C(=O)[O-]. The van der Waals surface area contributed by atoms with Gasteiger partial charge in [0.25, 0.3) is 0 Å². The van der Waals surface area contributed by atoms with E-state index in [4.69, 9.17) is 14.2 Å². The van der Waals surface area contributed by atoms with Crippen LogP contribution in [0.1, 0.15) is 71.1 Å². The summed E-state index contributed by atoms with van der Waals surface area (Å²) in [5, 5.41) is 21.0. The van der Waals surface area contributed by atoms with Crippen LogP contribution >= 0.6 is 0 Å². The first-order valence-corrected chi connectivity index (χ1v) is 12.5. The fourth-order valence-electron chi connectivity index (χ4n) is 2.86. The van der Waals surface area contributed by atoms with Crippen molar-refractivity contribution < 1.29 is 38.5 Å². The number of carboxylic acid groups (broad SMARTS) is 1. The zero-order valence-electron chi connectivity index (χ0n) is 21.7. The zero-order valence-corrected chi connectivity index (χ0v) is 21.7. The molecule has 0 rings (SSSR count). The lowest BCUT2D eigenvalue weighted by atomic mass is 10.1. The van der Waals surface area contributed by atoms with Crippen molar-refractivity contribution in [2.75, 3.05) is 47.5 Å². The molecule has 0 fully saturated rings. The number of ether oxygens (including phenoxy) is 3. The third-order valence-corrected chi connectivity index (χ3v) is 4.91. The second-order valence-electron chi connectivity index (χ2n) is 9.48. The van der Waals surface area contributed by atoms with E-state index in [1.165, 1.54) is 6.42 Å². The van der Waals surface area contributed by atoms with Crippen molar-refractivity contribution in [3.05, 3.63) is 24.3 Å². The molecule has 0 aromatic carbocycles. The molecule has 0 aliphatic rings. The van der Waals surface area contributed by atoms with Crippen molar-refractivity contribution in [3.8, 4) is 0 Å². The summed E-state index contributed by atoms with van der Waals surface area (Å²) in [4.78, 5) is 22.9.